The Morgan fingerprint density at radius 3 is 2.37 bits per heavy atom. The zero-order chi connectivity index (χ0) is 22.8. The third-order valence-corrected chi connectivity index (χ3v) is 4.54. The number of carbonyl (C=O) groups excluding carboxylic acids is 2. The van der Waals surface area contributed by atoms with Gasteiger partial charge in [-0.25, -0.2) is 0 Å². The van der Waals surface area contributed by atoms with Gasteiger partial charge in [-0.1, -0.05) is 6.07 Å². The Hall–Kier alpha value is -2.99. The van der Waals surface area contributed by atoms with Crippen LogP contribution in [-0.2, 0) is 25.6 Å². The van der Waals surface area contributed by atoms with Gasteiger partial charge >= 0.3 is 11.9 Å². The number of nitrogens with two attached hydrogens (primary N) is 1. The highest BCUT2D eigenvalue weighted by Crippen LogP contribution is 2.23. The predicted molar refractivity (Wildman–Crippen MR) is 108 cm³/mol. The van der Waals surface area contributed by atoms with E-state index < -0.39 is 42.4 Å². The number of nitrogens with one attached hydrogen (secondary N) is 1. The molecule has 0 bridgehead atoms. The van der Waals surface area contributed by atoms with Gasteiger partial charge in [0.2, 0.25) is 11.8 Å². The first kappa shape index (κ1) is 25.0. The normalized spacial score (nSPS) is 12.6. The van der Waals surface area contributed by atoms with Crippen LogP contribution in [-0.4, -0.2) is 80.0 Å². The van der Waals surface area contributed by atoms with Crippen LogP contribution in [0.5, 0.6) is 11.5 Å². The molecule has 1 rings (SSSR count). The summed E-state index contributed by atoms with van der Waals surface area (Å²) in [5, 5.41) is 39.4. The van der Waals surface area contributed by atoms with Gasteiger partial charge in [-0.05, 0) is 24.5 Å². The van der Waals surface area contributed by atoms with E-state index in [2.05, 4.69) is 17.9 Å². The van der Waals surface area contributed by atoms with Crippen molar-refractivity contribution in [3.05, 3.63) is 23.8 Å². The predicted octanol–water partition coefficient (Wildman–Crippen LogP) is -0.840. The number of carboxylic acids is 2. The molecule has 1 aromatic carbocycles. The summed E-state index contributed by atoms with van der Waals surface area (Å²) in [5.41, 5.74) is 5.73. The Bertz CT molecular complexity index is 789. The number of benzene rings is 1. The molecule has 2 atom stereocenters. The van der Waals surface area contributed by atoms with Gasteiger partial charge in [0, 0.05) is 24.8 Å². The van der Waals surface area contributed by atoms with Gasteiger partial charge in [0.05, 0.1) is 0 Å². The van der Waals surface area contributed by atoms with E-state index in [1.165, 1.54) is 12.1 Å². The average Bonchev–Trinajstić information content (AvgIpc) is 2.67. The van der Waals surface area contributed by atoms with Crippen LogP contribution in [0.25, 0.3) is 0 Å². The lowest BCUT2D eigenvalue weighted by Crippen LogP contribution is -2.51. The highest BCUT2D eigenvalue weighted by atomic mass is 32.1. The molecule has 30 heavy (non-hydrogen) atoms. The van der Waals surface area contributed by atoms with Gasteiger partial charge in [-0.2, -0.15) is 12.6 Å². The fraction of sp³-hybridized carbons (Fsp3) is 0.444. The smallest absolute Gasteiger partial charge is 0.323 e. The van der Waals surface area contributed by atoms with Crippen molar-refractivity contribution in [3.63, 3.8) is 0 Å². The van der Waals surface area contributed by atoms with Crippen LogP contribution in [0.3, 0.4) is 0 Å². The fourth-order valence-corrected chi connectivity index (χ4v) is 2.78. The fourth-order valence-electron chi connectivity index (χ4n) is 2.53. The molecule has 0 aromatic heterocycles. The number of carbonyl (C=O) groups is 4. The zero-order valence-electron chi connectivity index (χ0n) is 16.0. The molecule has 0 fully saturated rings. The van der Waals surface area contributed by atoms with Crippen molar-refractivity contribution in [2.45, 2.75) is 31.3 Å². The number of aromatic hydroxyl groups is 2. The molecule has 0 radical (unpaired) electrons. The SMILES string of the molecule is NC(CCC(=O)NC(CS)C(=O)N(CCc1ccc(O)cc1O)CC(=O)O)C(=O)O. The van der Waals surface area contributed by atoms with Crippen LogP contribution in [0, 0.1) is 0 Å². The Morgan fingerprint density at radius 2 is 1.83 bits per heavy atom. The van der Waals surface area contributed by atoms with E-state index in [9.17, 15) is 29.4 Å². The third-order valence-electron chi connectivity index (χ3n) is 4.17. The Labute approximate surface area is 177 Å². The first-order valence-corrected chi connectivity index (χ1v) is 9.58. The summed E-state index contributed by atoms with van der Waals surface area (Å²) in [6.45, 7) is -0.713. The maximum absolute atomic E-state index is 12.7. The molecule has 0 saturated carbocycles. The molecule has 1 aromatic rings. The van der Waals surface area contributed by atoms with E-state index in [1.807, 2.05) is 0 Å². The van der Waals surface area contributed by atoms with Crippen molar-refractivity contribution in [3.8, 4) is 11.5 Å². The van der Waals surface area contributed by atoms with Crippen molar-refractivity contribution in [1.82, 2.24) is 10.2 Å². The second-order valence-corrected chi connectivity index (χ2v) is 6.87. The summed E-state index contributed by atoms with van der Waals surface area (Å²) < 4.78 is 0. The van der Waals surface area contributed by atoms with Crippen LogP contribution in [0.1, 0.15) is 18.4 Å². The third kappa shape index (κ3) is 8.17. The maximum atomic E-state index is 12.7. The van der Waals surface area contributed by atoms with Crippen molar-refractivity contribution < 1.29 is 39.6 Å². The molecule has 0 aliphatic heterocycles. The minimum atomic E-state index is -1.27. The molecular formula is C18H25N3O8S. The van der Waals surface area contributed by atoms with Crippen LogP contribution in [0.4, 0.5) is 0 Å². The molecule has 11 nitrogen and oxygen atoms in total. The van der Waals surface area contributed by atoms with E-state index >= 15 is 0 Å². The summed E-state index contributed by atoms with van der Waals surface area (Å²) >= 11 is 4.03. The Morgan fingerprint density at radius 1 is 1.17 bits per heavy atom. The van der Waals surface area contributed by atoms with Crippen LogP contribution >= 0.6 is 12.6 Å². The molecule has 0 heterocycles. The van der Waals surface area contributed by atoms with E-state index in [0.29, 0.717) is 5.56 Å². The van der Waals surface area contributed by atoms with E-state index in [4.69, 9.17) is 15.9 Å². The summed E-state index contributed by atoms with van der Waals surface area (Å²) in [6.07, 6.45) is -0.259. The van der Waals surface area contributed by atoms with Crippen molar-refractivity contribution in [1.29, 1.82) is 0 Å². The number of hydrogen-bond donors (Lipinski definition) is 7. The maximum Gasteiger partial charge on any atom is 0.323 e. The average molecular weight is 443 g/mol. The number of thiol groups is 1. The Balaban J connectivity index is 2.79. The summed E-state index contributed by atoms with van der Waals surface area (Å²) in [7, 11) is 0. The van der Waals surface area contributed by atoms with Crippen molar-refractivity contribution in [2.24, 2.45) is 5.73 Å². The summed E-state index contributed by atoms with van der Waals surface area (Å²) in [5.74, 6) is -4.30. The van der Waals surface area contributed by atoms with Gasteiger partial charge in [0.15, 0.2) is 0 Å². The lowest BCUT2D eigenvalue weighted by molar-refractivity contribution is -0.145. The molecule has 0 saturated heterocycles. The van der Waals surface area contributed by atoms with E-state index in [-0.39, 0.29) is 43.1 Å². The second-order valence-electron chi connectivity index (χ2n) is 6.50. The zero-order valence-corrected chi connectivity index (χ0v) is 16.9. The molecule has 0 aliphatic rings. The van der Waals surface area contributed by atoms with E-state index in [1.54, 1.807) is 0 Å². The number of carboxylic acid groups (broad SMARTS) is 2. The molecule has 166 valence electrons. The molecular weight excluding hydrogens is 418 g/mol. The number of nitrogens with zero attached hydrogens (tertiary/aromatic N) is 1. The highest BCUT2D eigenvalue weighted by molar-refractivity contribution is 7.80. The first-order chi connectivity index (χ1) is 14.0. The minimum absolute atomic E-state index is 0.0759. The minimum Gasteiger partial charge on any atom is -0.508 e. The topological polar surface area (TPSA) is 190 Å². The van der Waals surface area contributed by atoms with Crippen LogP contribution in [0.15, 0.2) is 18.2 Å². The number of phenolic OH excluding ortho intramolecular Hbond substituents is 2. The number of amides is 2. The van der Waals surface area contributed by atoms with Gasteiger partial charge in [-0.3, -0.25) is 19.2 Å². The van der Waals surface area contributed by atoms with E-state index in [0.717, 1.165) is 11.0 Å². The largest absolute Gasteiger partial charge is 0.508 e. The number of phenols is 2. The van der Waals surface area contributed by atoms with Crippen molar-refractivity contribution >= 4 is 36.4 Å². The molecule has 2 unspecified atom stereocenters. The summed E-state index contributed by atoms with van der Waals surface area (Å²) in [4.78, 5) is 47.6. The number of rotatable bonds is 12. The standard InChI is InChI=1S/C18H25N3O8S/c19-12(18(28)29)3-4-15(24)20-13(9-30)17(27)21(8-16(25)26)6-5-10-1-2-11(22)7-14(10)23/h1-2,7,12-13,22-23,30H,3-6,8-9,19H2,(H,20,24)(H,25,26)(H,28,29). The lowest BCUT2D eigenvalue weighted by Gasteiger charge is -2.26. The van der Waals surface area contributed by atoms with Gasteiger partial charge in [0.1, 0.15) is 30.1 Å². The molecule has 0 aliphatic carbocycles. The Kier molecular flexibility index (Phi) is 9.92. The monoisotopic (exact) mass is 443 g/mol. The second kappa shape index (κ2) is 11.9. The molecule has 2 amide bonds. The number of aliphatic carboxylic acids is 2. The summed E-state index contributed by atoms with van der Waals surface area (Å²) in [6, 6.07) is 1.56. The lowest BCUT2D eigenvalue weighted by atomic mass is 10.1. The number of hydrogen-bond acceptors (Lipinski definition) is 8. The highest BCUT2D eigenvalue weighted by Gasteiger charge is 2.27. The van der Waals surface area contributed by atoms with Crippen molar-refractivity contribution in [2.75, 3.05) is 18.8 Å². The van der Waals surface area contributed by atoms with Gasteiger partial charge in [-0.15, -0.1) is 0 Å². The molecule has 0 spiro atoms. The van der Waals surface area contributed by atoms with Gasteiger partial charge in [0.25, 0.3) is 0 Å². The van der Waals surface area contributed by atoms with Gasteiger partial charge < -0.3 is 36.4 Å². The van der Waals surface area contributed by atoms with Crippen LogP contribution in [0.2, 0.25) is 0 Å². The molecule has 7 N–H and O–H groups in total. The van der Waals surface area contributed by atoms with Crippen LogP contribution < -0.4 is 11.1 Å². The molecule has 12 heteroatoms. The first-order valence-electron chi connectivity index (χ1n) is 8.95. The quantitative estimate of drug-likeness (QED) is 0.202.